The van der Waals surface area contributed by atoms with Crippen LogP contribution in [0.2, 0.25) is 0 Å². The van der Waals surface area contributed by atoms with Gasteiger partial charge in [0.05, 0.1) is 6.10 Å². The highest BCUT2D eigenvalue weighted by molar-refractivity contribution is 4.81. The van der Waals surface area contributed by atoms with Gasteiger partial charge < -0.3 is 15.3 Å². The lowest BCUT2D eigenvalue weighted by atomic mass is 9.91. The Morgan fingerprint density at radius 3 is 2.62 bits per heavy atom. The number of piperidine rings is 1. The van der Waals surface area contributed by atoms with Crippen molar-refractivity contribution in [1.29, 1.82) is 0 Å². The Bertz CT molecular complexity index is 196. The van der Waals surface area contributed by atoms with Crippen LogP contribution >= 0.6 is 0 Å². The van der Waals surface area contributed by atoms with E-state index in [-0.39, 0.29) is 6.10 Å². The van der Waals surface area contributed by atoms with E-state index < -0.39 is 0 Å². The topological polar surface area (TPSA) is 35.5 Å². The molecule has 1 saturated heterocycles. The third-order valence-electron chi connectivity index (χ3n) is 3.61. The molecule has 0 amide bonds. The van der Waals surface area contributed by atoms with Gasteiger partial charge in [-0.1, -0.05) is 0 Å². The Balaban J connectivity index is 2.30. The molecule has 0 aromatic rings. The largest absolute Gasteiger partial charge is 0.393 e. The van der Waals surface area contributed by atoms with Crippen molar-refractivity contribution in [3.63, 3.8) is 0 Å². The van der Waals surface area contributed by atoms with E-state index in [2.05, 4.69) is 31.1 Å². The first kappa shape index (κ1) is 13.9. The molecule has 0 radical (unpaired) electrons. The molecule has 0 aromatic carbocycles. The number of hydrogen-bond acceptors (Lipinski definition) is 3. The van der Waals surface area contributed by atoms with Crippen LogP contribution < -0.4 is 5.32 Å². The summed E-state index contributed by atoms with van der Waals surface area (Å²) in [5.41, 5.74) is 0. The summed E-state index contributed by atoms with van der Waals surface area (Å²) in [6, 6.07) is 0.957. The van der Waals surface area contributed by atoms with Crippen LogP contribution in [0.1, 0.15) is 40.0 Å². The van der Waals surface area contributed by atoms with Crippen LogP contribution in [0, 0.1) is 5.92 Å². The van der Waals surface area contributed by atoms with E-state index in [0.29, 0.717) is 12.1 Å². The summed E-state index contributed by atoms with van der Waals surface area (Å²) in [6.07, 6.45) is 3.29. The number of hydrogen-bond donors (Lipinski definition) is 2. The number of rotatable bonds is 5. The van der Waals surface area contributed by atoms with Gasteiger partial charge in [-0.15, -0.1) is 0 Å². The molecule has 4 atom stereocenters. The highest BCUT2D eigenvalue weighted by Crippen LogP contribution is 2.19. The molecule has 4 unspecified atom stereocenters. The Labute approximate surface area is 100 Å². The van der Waals surface area contributed by atoms with E-state index >= 15 is 0 Å². The third-order valence-corrected chi connectivity index (χ3v) is 3.61. The molecule has 3 nitrogen and oxygen atoms in total. The zero-order valence-corrected chi connectivity index (χ0v) is 11.2. The first-order chi connectivity index (χ1) is 7.49. The Morgan fingerprint density at radius 2 is 2.06 bits per heavy atom. The molecule has 1 aliphatic heterocycles. The number of aliphatic hydroxyl groups excluding tert-OH is 1. The molecule has 1 rings (SSSR count). The summed E-state index contributed by atoms with van der Waals surface area (Å²) in [6.45, 7) is 8.75. The third kappa shape index (κ3) is 4.81. The maximum atomic E-state index is 9.34. The smallest absolute Gasteiger partial charge is 0.0526 e. The standard InChI is InChI=1S/C13H28N2O/c1-10(8-11(2)16)14-12(3)13-6-5-7-15(4)9-13/h10-14,16H,5-9H2,1-4H3. The van der Waals surface area contributed by atoms with Crippen LogP contribution in [-0.4, -0.2) is 48.3 Å². The summed E-state index contributed by atoms with van der Waals surface area (Å²) in [5, 5.41) is 13.0. The molecule has 0 saturated carbocycles. The average Bonchev–Trinajstić information content (AvgIpc) is 2.16. The van der Waals surface area contributed by atoms with Crippen molar-refractivity contribution in [1.82, 2.24) is 10.2 Å². The molecule has 1 heterocycles. The molecular weight excluding hydrogens is 200 g/mol. The predicted molar refractivity (Wildman–Crippen MR) is 68.6 cm³/mol. The second kappa shape index (κ2) is 6.58. The summed E-state index contributed by atoms with van der Waals surface area (Å²) in [7, 11) is 2.21. The van der Waals surface area contributed by atoms with Gasteiger partial charge in [-0.3, -0.25) is 0 Å². The van der Waals surface area contributed by atoms with Gasteiger partial charge in [-0.05, 0) is 59.5 Å². The molecule has 3 heteroatoms. The van der Waals surface area contributed by atoms with Crippen molar-refractivity contribution in [3.8, 4) is 0 Å². The Morgan fingerprint density at radius 1 is 1.38 bits per heavy atom. The number of likely N-dealkylation sites (tertiary alicyclic amines) is 1. The van der Waals surface area contributed by atoms with E-state index in [4.69, 9.17) is 0 Å². The van der Waals surface area contributed by atoms with Gasteiger partial charge in [0.25, 0.3) is 0 Å². The summed E-state index contributed by atoms with van der Waals surface area (Å²) < 4.78 is 0. The van der Waals surface area contributed by atoms with Crippen LogP contribution in [0.3, 0.4) is 0 Å². The van der Waals surface area contributed by atoms with E-state index in [0.717, 1.165) is 12.3 Å². The van der Waals surface area contributed by atoms with Crippen molar-refractivity contribution < 1.29 is 5.11 Å². The van der Waals surface area contributed by atoms with Gasteiger partial charge in [0, 0.05) is 18.6 Å². The fraction of sp³-hybridized carbons (Fsp3) is 1.00. The minimum absolute atomic E-state index is 0.205. The van der Waals surface area contributed by atoms with E-state index in [1.165, 1.54) is 25.9 Å². The lowest BCUT2D eigenvalue weighted by Gasteiger charge is -2.35. The fourth-order valence-corrected chi connectivity index (χ4v) is 2.78. The Hall–Kier alpha value is -0.120. The normalized spacial score (nSPS) is 28.7. The summed E-state index contributed by atoms with van der Waals surface area (Å²) >= 11 is 0. The highest BCUT2D eigenvalue weighted by Gasteiger charge is 2.23. The van der Waals surface area contributed by atoms with Crippen LogP contribution in [-0.2, 0) is 0 Å². The van der Waals surface area contributed by atoms with Gasteiger partial charge >= 0.3 is 0 Å². The van der Waals surface area contributed by atoms with Crippen LogP contribution in [0.25, 0.3) is 0 Å². The molecule has 0 aromatic heterocycles. The van der Waals surface area contributed by atoms with Crippen LogP contribution in [0.4, 0.5) is 0 Å². The molecule has 1 fully saturated rings. The Kier molecular flexibility index (Phi) is 5.73. The maximum absolute atomic E-state index is 9.34. The first-order valence-electron chi connectivity index (χ1n) is 6.61. The molecule has 96 valence electrons. The minimum atomic E-state index is -0.205. The quantitative estimate of drug-likeness (QED) is 0.748. The molecule has 16 heavy (non-hydrogen) atoms. The first-order valence-corrected chi connectivity index (χ1v) is 6.61. The maximum Gasteiger partial charge on any atom is 0.0526 e. The van der Waals surface area contributed by atoms with Crippen LogP contribution in [0.15, 0.2) is 0 Å². The van der Waals surface area contributed by atoms with Crippen molar-refractivity contribution in [2.75, 3.05) is 20.1 Å². The van der Waals surface area contributed by atoms with Crippen molar-refractivity contribution in [3.05, 3.63) is 0 Å². The molecule has 0 bridgehead atoms. The second-order valence-electron chi connectivity index (χ2n) is 5.61. The monoisotopic (exact) mass is 228 g/mol. The van der Waals surface area contributed by atoms with Gasteiger partial charge in [0.1, 0.15) is 0 Å². The lowest BCUT2D eigenvalue weighted by molar-refractivity contribution is 0.148. The predicted octanol–water partition coefficient (Wildman–Crippen LogP) is 1.47. The van der Waals surface area contributed by atoms with Crippen molar-refractivity contribution in [2.45, 2.75) is 58.2 Å². The minimum Gasteiger partial charge on any atom is -0.393 e. The summed E-state index contributed by atoms with van der Waals surface area (Å²) in [5.74, 6) is 0.759. The summed E-state index contributed by atoms with van der Waals surface area (Å²) in [4.78, 5) is 2.42. The van der Waals surface area contributed by atoms with Gasteiger partial charge in [-0.25, -0.2) is 0 Å². The molecule has 0 aliphatic carbocycles. The van der Waals surface area contributed by atoms with Crippen LogP contribution in [0.5, 0.6) is 0 Å². The molecule has 2 N–H and O–H groups in total. The zero-order valence-electron chi connectivity index (χ0n) is 11.2. The van der Waals surface area contributed by atoms with Gasteiger partial charge in [-0.2, -0.15) is 0 Å². The zero-order chi connectivity index (χ0) is 12.1. The van der Waals surface area contributed by atoms with E-state index in [1.54, 1.807) is 0 Å². The molecular formula is C13H28N2O. The average molecular weight is 228 g/mol. The highest BCUT2D eigenvalue weighted by atomic mass is 16.3. The molecule has 1 aliphatic rings. The SMILES string of the molecule is CC(O)CC(C)NC(C)C1CCCN(C)C1. The van der Waals surface area contributed by atoms with E-state index in [9.17, 15) is 5.11 Å². The molecule has 0 spiro atoms. The van der Waals surface area contributed by atoms with Crippen molar-refractivity contribution >= 4 is 0 Å². The number of nitrogens with zero attached hydrogens (tertiary/aromatic N) is 1. The van der Waals surface area contributed by atoms with Gasteiger partial charge in [0.15, 0.2) is 0 Å². The lowest BCUT2D eigenvalue weighted by Crippen LogP contribution is -2.46. The fourth-order valence-electron chi connectivity index (χ4n) is 2.78. The van der Waals surface area contributed by atoms with Gasteiger partial charge in [0.2, 0.25) is 0 Å². The van der Waals surface area contributed by atoms with Crippen molar-refractivity contribution in [2.24, 2.45) is 5.92 Å². The number of nitrogens with one attached hydrogen (secondary N) is 1. The second-order valence-corrected chi connectivity index (χ2v) is 5.61. The number of aliphatic hydroxyl groups is 1. The van der Waals surface area contributed by atoms with E-state index in [1.807, 2.05) is 6.92 Å².